The van der Waals surface area contributed by atoms with Gasteiger partial charge >= 0.3 is 0 Å². The molecule has 0 radical (unpaired) electrons. The topological polar surface area (TPSA) is 63.4 Å². The van der Waals surface area contributed by atoms with E-state index in [4.69, 9.17) is 5.73 Å². The lowest BCUT2D eigenvalue weighted by molar-refractivity contribution is -0.121. The van der Waals surface area contributed by atoms with Crippen LogP contribution in [0.5, 0.6) is 0 Å². The smallest absolute Gasteiger partial charge is 0.166 e. The van der Waals surface area contributed by atoms with Crippen LogP contribution in [0.4, 0.5) is 0 Å². The number of nitrogens with two attached hydrogens (primary N) is 1. The number of carbonyl (C=O) groups excluding carboxylic acids is 1. The molecule has 2 atom stereocenters. The summed E-state index contributed by atoms with van der Waals surface area (Å²) < 4.78 is 11.1. The first-order valence-corrected chi connectivity index (χ1v) is 8.11. The molecule has 0 saturated carbocycles. The molecule has 104 valence electrons. The first kappa shape index (κ1) is 14.4. The third-order valence-corrected chi connectivity index (χ3v) is 4.19. The lowest BCUT2D eigenvalue weighted by Crippen LogP contribution is -2.51. The van der Waals surface area contributed by atoms with Crippen molar-refractivity contribution in [2.24, 2.45) is 5.73 Å². The molecule has 2 N–H and O–H groups in total. The van der Waals surface area contributed by atoms with Gasteiger partial charge in [0.25, 0.3) is 0 Å². The Bertz CT molecular complexity index is 478. The summed E-state index contributed by atoms with van der Waals surface area (Å²) in [6.45, 7) is 2.17. The van der Waals surface area contributed by atoms with Crippen molar-refractivity contribution < 1.29 is 9.00 Å². The second-order valence-electron chi connectivity index (χ2n) is 5.24. The highest BCUT2D eigenvalue weighted by Gasteiger charge is 2.40. The molecule has 1 heterocycles. The van der Waals surface area contributed by atoms with Gasteiger partial charge in [0.1, 0.15) is 0 Å². The molecule has 2 rings (SSSR count). The van der Waals surface area contributed by atoms with Crippen molar-refractivity contribution in [1.29, 1.82) is 0 Å². The predicted octanol–water partition coefficient (Wildman–Crippen LogP) is 0.537. The van der Waals surface area contributed by atoms with E-state index in [0.29, 0.717) is 13.0 Å². The average Bonchev–Trinajstić information content (AvgIpc) is 2.73. The Kier molecular flexibility index (Phi) is 4.50. The quantitative estimate of drug-likeness (QED) is 0.855. The van der Waals surface area contributed by atoms with E-state index in [2.05, 4.69) is 17.0 Å². The van der Waals surface area contributed by atoms with E-state index in [9.17, 15) is 9.00 Å². The summed E-state index contributed by atoms with van der Waals surface area (Å²) in [7, 11) is -1.11. The number of hydrogen-bond donors (Lipinski definition) is 1. The van der Waals surface area contributed by atoms with Crippen LogP contribution in [0.2, 0.25) is 0 Å². The van der Waals surface area contributed by atoms with Crippen molar-refractivity contribution in [3.8, 4) is 0 Å². The number of carbonyl (C=O) groups is 1. The number of hydrogen-bond acceptors (Lipinski definition) is 4. The first-order valence-electron chi connectivity index (χ1n) is 6.38. The fourth-order valence-corrected chi connectivity index (χ4v) is 3.10. The van der Waals surface area contributed by atoms with Crippen LogP contribution in [0.3, 0.4) is 0 Å². The van der Waals surface area contributed by atoms with Crippen molar-refractivity contribution in [2.75, 3.05) is 25.1 Å². The van der Waals surface area contributed by atoms with Gasteiger partial charge in [-0.3, -0.25) is 13.9 Å². The van der Waals surface area contributed by atoms with Gasteiger partial charge in [0.05, 0.1) is 11.3 Å². The Labute approximate surface area is 116 Å². The van der Waals surface area contributed by atoms with Gasteiger partial charge in [-0.05, 0) is 12.0 Å². The number of ketones is 1. The van der Waals surface area contributed by atoms with Crippen LogP contribution in [0.15, 0.2) is 30.3 Å². The molecule has 1 aromatic carbocycles. The summed E-state index contributed by atoms with van der Waals surface area (Å²) >= 11 is 0. The van der Waals surface area contributed by atoms with Gasteiger partial charge in [-0.1, -0.05) is 30.3 Å². The first-order chi connectivity index (χ1) is 8.99. The molecule has 19 heavy (non-hydrogen) atoms. The molecule has 0 amide bonds. The summed E-state index contributed by atoms with van der Waals surface area (Å²) in [6, 6.07) is 10.1. The Balaban J connectivity index is 1.95. The van der Waals surface area contributed by atoms with Crippen LogP contribution < -0.4 is 5.73 Å². The normalized spacial score (nSPS) is 25.4. The van der Waals surface area contributed by atoms with Crippen LogP contribution in [-0.2, 0) is 22.1 Å². The van der Waals surface area contributed by atoms with E-state index < -0.39 is 16.3 Å². The minimum atomic E-state index is -1.11. The molecule has 0 aromatic heterocycles. The fourth-order valence-electron chi connectivity index (χ4n) is 2.45. The summed E-state index contributed by atoms with van der Waals surface area (Å²) in [4.78, 5) is 14.2. The Hall–Kier alpha value is -1.04. The highest BCUT2D eigenvalue weighted by molar-refractivity contribution is 7.85. The molecule has 1 aliphatic heterocycles. The van der Waals surface area contributed by atoms with E-state index >= 15 is 0 Å². The standard InChI is InChI=1S/C14H20N2O2S/c1-19(18)10-13(17)14(15)7-8-16(11-14)9-12-5-3-2-4-6-12/h2-6H,7-11,15H2,1H3/t14?,19-/m1/s1. The molecule has 1 aliphatic rings. The van der Waals surface area contributed by atoms with Gasteiger partial charge in [-0.25, -0.2) is 0 Å². The van der Waals surface area contributed by atoms with Crippen molar-refractivity contribution in [3.05, 3.63) is 35.9 Å². The lowest BCUT2D eigenvalue weighted by Gasteiger charge is -2.23. The average molecular weight is 280 g/mol. The molecule has 1 unspecified atom stereocenters. The number of Topliss-reactive ketones (excluding diaryl/α,β-unsaturated/α-hetero) is 1. The van der Waals surface area contributed by atoms with E-state index in [1.165, 1.54) is 11.8 Å². The Morgan fingerprint density at radius 2 is 2.11 bits per heavy atom. The van der Waals surface area contributed by atoms with Gasteiger partial charge in [0.2, 0.25) is 0 Å². The Morgan fingerprint density at radius 3 is 2.74 bits per heavy atom. The fraction of sp³-hybridized carbons (Fsp3) is 0.500. The largest absolute Gasteiger partial charge is 0.318 e. The van der Waals surface area contributed by atoms with Crippen LogP contribution in [-0.4, -0.2) is 45.5 Å². The molecule has 4 nitrogen and oxygen atoms in total. The molecule has 1 aromatic rings. The van der Waals surface area contributed by atoms with Crippen molar-refractivity contribution in [1.82, 2.24) is 4.90 Å². The summed E-state index contributed by atoms with van der Waals surface area (Å²) in [5.41, 5.74) is 6.57. The third kappa shape index (κ3) is 3.72. The minimum Gasteiger partial charge on any atom is -0.318 e. The molecule has 0 bridgehead atoms. The maximum atomic E-state index is 12.0. The van der Waals surface area contributed by atoms with Gasteiger partial charge in [-0.2, -0.15) is 0 Å². The molecule has 5 heteroatoms. The molecule has 0 aliphatic carbocycles. The van der Waals surface area contributed by atoms with Crippen LogP contribution >= 0.6 is 0 Å². The van der Waals surface area contributed by atoms with E-state index in [0.717, 1.165) is 13.1 Å². The SMILES string of the molecule is C[S@@](=O)CC(=O)C1(N)CCN(Cc2ccccc2)C1. The second kappa shape index (κ2) is 5.94. The Morgan fingerprint density at radius 1 is 1.42 bits per heavy atom. The number of likely N-dealkylation sites (tertiary alicyclic amines) is 1. The van der Waals surface area contributed by atoms with Crippen LogP contribution in [0, 0.1) is 0 Å². The maximum absolute atomic E-state index is 12.0. The maximum Gasteiger partial charge on any atom is 0.166 e. The zero-order valence-electron chi connectivity index (χ0n) is 11.2. The third-order valence-electron chi connectivity index (χ3n) is 3.52. The van der Waals surface area contributed by atoms with E-state index in [-0.39, 0.29) is 11.5 Å². The van der Waals surface area contributed by atoms with Crippen LogP contribution in [0.25, 0.3) is 0 Å². The molecule has 1 fully saturated rings. The van der Waals surface area contributed by atoms with Crippen molar-refractivity contribution >= 4 is 16.6 Å². The zero-order valence-corrected chi connectivity index (χ0v) is 12.0. The number of benzene rings is 1. The number of rotatable bonds is 5. The summed E-state index contributed by atoms with van der Waals surface area (Å²) in [6.07, 6.45) is 2.19. The van der Waals surface area contributed by atoms with Crippen molar-refractivity contribution in [3.63, 3.8) is 0 Å². The van der Waals surface area contributed by atoms with Crippen LogP contribution in [0.1, 0.15) is 12.0 Å². The van der Waals surface area contributed by atoms with Gasteiger partial charge in [0.15, 0.2) is 5.78 Å². The molecule has 1 saturated heterocycles. The zero-order chi connectivity index (χ0) is 13.9. The van der Waals surface area contributed by atoms with E-state index in [1.807, 2.05) is 18.2 Å². The second-order valence-corrected chi connectivity index (χ2v) is 6.68. The van der Waals surface area contributed by atoms with Gasteiger partial charge in [0, 0.05) is 36.7 Å². The van der Waals surface area contributed by atoms with Gasteiger partial charge < -0.3 is 5.73 Å². The van der Waals surface area contributed by atoms with Crippen molar-refractivity contribution in [2.45, 2.75) is 18.5 Å². The summed E-state index contributed by atoms with van der Waals surface area (Å²) in [5, 5.41) is 0. The predicted molar refractivity (Wildman–Crippen MR) is 77.2 cm³/mol. The lowest BCUT2D eigenvalue weighted by atomic mass is 9.95. The molecule has 0 spiro atoms. The minimum absolute atomic E-state index is 0.0652. The van der Waals surface area contributed by atoms with Gasteiger partial charge in [-0.15, -0.1) is 0 Å². The monoisotopic (exact) mass is 280 g/mol. The molecular weight excluding hydrogens is 260 g/mol. The highest BCUT2D eigenvalue weighted by atomic mass is 32.2. The summed E-state index contributed by atoms with van der Waals surface area (Å²) in [5.74, 6) is -0.0146. The van der Waals surface area contributed by atoms with E-state index in [1.54, 1.807) is 0 Å². The molecular formula is C14H20N2O2S. The number of nitrogens with zero attached hydrogens (tertiary/aromatic N) is 1. The highest BCUT2D eigenvalue weighted by Crippen LogP contribution is 2.22.